The van der Waals surface area contributed by atoms with Gasteiger partial charge in [-0.1, -0.05) is 32.8 Å². The maximum atomic E-state index is 13.0. The lowest BCUT2D eigenvalue weighted by Crippen LogP contribution is -2.38. The maximum absolute atomic E-state index is 13.0. The molecule has 7 nitrogen and oxygen atoms in total. The molecule has 7 heteroatoms. The number of hydrogen-bond acceptors (Lipinski definition) is 4. The van der Waals surface area contributed by atoms with Crippen molar-refractivity contribution in [2.24, 2.45) is 5.92 Å². The number of hydrogen-bond donors (Lipinski definition) is 1. The van der Waals surface area contributed by atoms with Gasteiger partial charge in [-0.3, -0.25) is 19.3 Å². The minimum atomic E-state index is -0.109. The summed E-state index contributed by atoms with van der Waals surface area (Å²) in [6.45, 7) is 6.07. The molecular weight excluding hydrogens is 366 g/mol. The molecular formula is C22H29N5O2. The van der Waals surface area contributed by atoms with E-state index in [0.717, 1.165) is 43.5 Å². The van der Waals surface area contributed by atoms with E-state index in [4.69, 9.17) is 5.10 Å². The number of carbonyl (C=O) groups excluding carboxylic acids is 2. The molecule has 2 aliphatic rings. The Morgan fingerprint density at radius 2 is 2.03 bits per heavy atom. The quantitative estimate of drug-likeness (QED) is 0.844. The molecule has 0 radical (unpaired) electrons. The van der Waals surface area contributed by atoms with E-state index in [0.29, 0.717) is 36.8 Å². The largest absolute Gasteiger partial charge is 0.348 e. The van der Waals surface area contributed by atoms with Gasteiger partial charge in [0.25, 0.3) is 11.8 Å². The Labute approximate surface area is 171 Å². The lowest BCUT2D eigenvalue weighted by Gasteiger charge is -2.28. The van der Waals surface area contributed by atoms with Crippen LogP contribution in [0.15, 0.2) is 24.4 Å². The molecule has 0 atom stereocenters. The molecule has 0 unspecified atom stereocenters. The number of carbonyl (C=O) groups is 2. The molecule has 0 bridgehead atoms. The molecule has 2 amide bonds. The van der Waals surface area contributed by atoms with Crippen molar-refractivity contribution in [2.45, 2.75) is 65.1 Å². The minimum Gasteiger partial charge on any atom is -0.348 e. The zero-order chi connectivity index (χ0) is 20.4. The zero-order valence-corrected chi connectivity index (χ0v) is 17.2. The van der Waals surface area contributed by atoms with Gasteiger partial charge in [-0.15, -0.1) is 0 Å². The highest BCUT2D eigenvalue weighted by atomic mass is 16.2. The topological polar surface area (TPSA) is 80.1 Å². The van der Waals surface area contributed by atoms with Crippen molar-refractivity contribution in [3.63, 3.8) is 0 Å². The van der Waals surface area contributed by atoms with Gasteiger partial charge < -0.3 is 10.2 Å². The van der Waals surface area contributed by atoms with Crippen LogP contribution in [0.5, 0.6) is 0 Å². The van der Waals surface area contributed by atoms with Crippen molar-refractivity contribution in [1.29, 1.82) is 0 Å². The molecule has 1 N–H and O–H groups in total. The first-order chi connectivity index (χ1) is 14.0. The van der Waals surface area contributed by atoms with E-state index < -0.39 is 0 Å². The van der Waals surface area contributed by atoms with Crippen molar-refractivity contribution in [3.8, 4) is 0 Å². The van der Waals surface area contributed by atoms with E-state index in [9.17, 15) is 9.59 Å². The Morgan fingerprint density at radius 1 is 1.24 bits per heavy atom. The number of nitrogens with zero attached hydrogens (tertiary/aromatic N) is 4. The van der Waals surface area contributed by atoms with Crippen LogP contribution in [0.2, 0.25) is 0 Å². The molecule has 1 fully saturated rings. The van der Waals surface area contributed by atoms with Crippen LogP contribution in [0.3, 0.4) is 0 Å². The summed E-state index contributed by atoms with van der Waals surface area (Å²) in [6, 6.07) is 5.58. The van der Waals surface area contributed by atoms with Crippen LogP contribution in [0.25, 0.3) is 0 Å². The van der Waals surface area contributed by atoms with Crippen molar-refractivity contribution < 1.29 is 9.59 Å². The molecule has 4 rings (SSSR count). The molecule has 1 saturated carbocycles. The van der Waals surface area contributed by atoms with Crippen LogP contribution >= 0.6 is 0 Å². The summed E-state index contributed by atoms with van der Waals surface area (Å²) in [5.41, 5.74) is 2.88. The average molecular weight is 396 g/mol. The highest BCUT2D eigenvalue weighted by Gasteiger charge is 2.31. The van der Waals surface area contributed by atoms with E-state index in [1.807, 2.05) is 10.7 Å². The third-order valence-electron chi connectivity index (χ3n) is 5.75. The molecule has 2 aromatic rings. The predicted octanol–water partition coefficient (Wildman–Crippen LogP) is 2.81. The number of amides is 2. The second kappa shape index (κ2) is 8.35. The second-order valence-corrected chi connectivity index (χ2v) is 8.50. The fraction of sp³-hybridized carbons (Fsp3) is 0.545. The average Bonchev–Trinajstić information content (AvgIpc) is 3.35. The van der Waals surface area contributed by atoms with Crippen molar-refractivity contribution in [2.75, 3.05) is 6.54 Å². The number of rotatable bonds is 5. The van der Waals surface area contributed by atoms with Crippen LogP contribution in [-0.2, 0) is 19.5 Å². The lowest BCUT2D eigenvalue weighted by atomic mass is 10.0. The molecule has 0 spiro atoms. The fourth-order valence-electron chi connectivity index (χ4n) is 4.32. The Balaban J connectivity index is 1.60. The first-order valence-corrected chi connectivity index (χ1v) is 10.6. The van der Waals surface area contributed by atoms with Crippen LogP contribution in [0.1, 0.15) is 71.8 Å². The fourth-order valence-corrected chi connectivity index (χ4v) is 4.32. The molecule has 154 valence electrons. The van der Waals surface area contributed by atoms with E-state index >= 15 is 0 Å². The molecule has 0 aromatic carbocycles. The van der Waals surface area contributed by atoms with Gasteiger partial charge >= 0.3 is 0 Å². The molecule has 0 saturated heterocycles. The van der Waals surface area contributed by atoms with E-state index in [1.54, 1.807) is 23.2 Å². The summed E-state index contributed by atoms with van der Waals surface area (Å²) < 4.78 is 1.98. The predicted molar refractivity (Wildman–Crippen MR) is 109 cm³/mol. The van der Waals surface area contributed by atoms with Gasteiger partial charge in [-0.2, -0.15) is 5.10 Å². The Kier molecular flexibility index (Phi) is 5.65. The summed E-state index contributed by atoms with van der Waals surface area (Å²) in [4.78, 5) is 31.9. The van der Waals surface area contributed by atoms with Crippen LogP contribution in [-0.4, -0.2) is 44.1 Å². The maximum Gasteiger partial charge on any atom is 0.272 e. The van der Waals surface area contributed by atoms with E-state index in [2.05, 4.69) is 24.1 Å². The third-order valence-corrected chi connectivity index (χ3v) is 5.75. The smallest absolute Gasteiger partial charge is 0.272 e. The molecule has 2 aromatic heterocycles. The Bertz CT molecular complexity index is 884. The molecule has 1 aliphatic heterocycles. The van der Waals surface area contributed by atoms with E-state index in [-0.39, 0.29) is 17.9 Å². The highest BCUT2D eigenvalue weighted by Crippen LogP contribution is 2.26. The number of fused-ring (bicyclic) bond motifs is 1. The number of pyridine rings is 1. The monoisotopic (exact) mass is 395 g/mol. The number of nitrogens with one attached hydrogen (secondary N) is 1. The van der Waals surface area contributed by atoms with Gasteiger partial charge in [-0.05, 0) is 30.9 Å². The van der Waals surface area contributed by atoms with Crippen molar-refractivity contribution >= 4 is 11.8 Å². The van der Waals surface area contributed by atoms with Crippen LogP contribution in [0.4, 0.5) is 0 Å². The summed E-state index contributed by atoms with van der Waals surface area (Å²) in [6.07, 6.45) is 6.72. The third kappa shape index (κ3) is 4.18. The SMILES string of the molecule is CC(C)Cn1nc(C(=O)NC2CCCC2)c2c1CCN(C(=O)c1ccccn1)C2. The first kappa shape index (κ1) is 19.6. The van der Waals surface area contributed by atoms with Crippen LogP contribution in [0, 0.1) is 5.92 Å². The normalized spacial score (nSPS) is 16.9. The zero-order valence-electron chi connectivity index (χ0n) is 17.2. The van der Waals surface area contributed by atoms with Crippen molar-refractivity contribution in [3.05, 3.63) is 47.0 Å². The number of aromatic nitrogens is 3. The second-order valence-electron chi connectivity index (χ2n) is 8.50. The van der Waals surface area contributed by atoms with Gasteiger partial charge in [0, 0.05) is 43.0 Å². The summed E-state index contributed by atoms with van der Waals surface area (Å²) in [5, 5.41) is 7.85. The summed E-state index contributed by atoms with van der Waals surface area (Å²) in [7, 11) is 0. The van der Waals surface area contributed by atoms with Gasteiger partial charge in [0.2, 0.25) is 0 Å². The summed E-state index contributed by atoms with van der Waals surface area (Å²) >= 11 is 0. The van der Waals surface area contributed by atoms with Gasteiger partial charge in [-0.25, -0.2) is 0 Å². The van der Waals surface area contributed by atoms with Gasteiger partial charge in [0.15, 0.2) is 5.69 Å². The first-order valence-electron chi connectivity index (χ1n) is 10.6. The minimum absolute atomic E-state index is 0.102. The van der Waals surface area contributed by atoms with Crippen LogP contribution < -0.4 is 5.32 Å². The molecule has 29 heavy (non-hydrogen) atoms. The molecule has 3 heterocycles. The van der Waals surface area contributed by atoms with Gasteiger partial charge in [0.1, 0.15) is 5.69 Å². The van der Waals surface area contributed by atoms with E-state index in [1.165, 1.54) is 0 Å². The van der Waals surface area contributed by atoms with Gasteiger partial charge in [0.05, 0.1) is 6.54 Å². The summed E-state index contributed by atoms with van der Waals surface area (Å²) in [5.74, 6) is 0.218. The highest BCUT2D eigenvalue weighted by molar-refractivity contribution is 5.95. The van der Waals surface area contributed by atoms with Crippen molar-refractivity contribution in [1.82, 2.24) is 25.0 Å². The lowest BCUT2D eigenvalue weighted by molar-refractivity contribution is 0.0724. The Hall–Kier alpha value is -2.70. The Morgan fingerprint density at radius 3 is 2.72 bits per heavy atom. The standard InChI is InChI=1S/C22H29N5O2/c1-15(2)13-27-19-10-12-26(22(29)18-9-5-6-11-23-18)14-17(19)20(25-27)21(28)24-16-7-3-4-8-16/h5-6,9,11,15-16H,3-4,7-8,10,12-14H2,1-2H3,(H,24,28). The molecule has 1 aliphatic carbocycles.